The van der Waals surface area contributed by atoms with E-state index in [0.29, 0.717) is 13.0 Å². The highest BCUT2D eigenvalue weighted by Gasteiger charge is 1.98. The highest BCUT2D eigenvalue weighted by molar-refractivity contribution is 5.91. The van der Waals surface area contributed by atoms with Gasteiger partial charge in [0.25, 0.3) is 0 Å². The Kier molecular flexibility index (Phi) is 5.94. The average molecular weight is 249 g/mol. The van der Waals surface area contributed by atoms with Crippen molar-refractivity contribution in [3.63, 3.8) is 0 Å². The number of carbonyl (C=O) groups excluding carboxylic acids is 1. The fourth-order valence-corrected chi connectivity index (χ4v) is 1.38. The number of amides is 1. The molecule has 1 amide bonds. The molecule has 4 nitrogen and oxygen atoms in total. The zero-order chi connectivity index (χ0) is 13.4. The van der Waals surface area contributed by atoms with Crippen molar-refractivity contribution >= 4 is 12.0 Å². The molecule has 0 fully saturated rings. The summed E-state index contributed by atoms with van der Waals surface area (Å²) in [5, 5.41) is 11.7. The van der Waals surface area contributed by atoms with Gasteiger partial charge in [0.05, 0.1) is 13.2 Å². The summed E-state index contributed by atoms with van der Waals surface area (Å²) in [6.07, 6.45) is 3.35. The summed E-state index contributed by atoms with van der Waals surface area (Å²) < 4.78 is 5.09. The van der Waals surface area contributed by atoms with E-state index in [1.165, 1.54) is 6.08 Å². The molecule has 0 radical (unpaired) electrons. The molecule has 0 aliphatic carbocycles. The molecule has 4 heteroatoms. The number of aliphatic hydroxyl groups is 1. The van der Waals surface area contributed by atoms with Crippen LogP contribution in [0.1, 0.15) is 18.9 Å². The van der Waals surface area contributed by atoms with E-state index in [0.717, 1.165) is 11.3 Å². The second-order valence-corrected chi connectivity index (χ2v) is 4.04. The number of benzene rings is 1. The Balaban J connectivity index is 2.45. The van der Waals surface area contributed by atoms with Gasteiger partial charge in [-0.3, -0.25) is 4.79 Å². The van der Waals surface area contributed by atoms with Crippen LogP contribution in [0, 0.1) is 0 Å². The minimum absolute atomic E-state index is 0.168. The number of aliphatic hydroxyl groups excluding tert-OH is 1. The number of hydrogen-bond donors (Lipinski definition) is 2. The van der Waals surface area contributed by atoms with E-state index in [1.807, 2.05) is 24.3 Å². The number of rotatable bonds is 6. The molecule has 0 aromatic heterocycles. The molecule has 0 saturated carbocycles. The van der Waals surface area contributed by atoms with Crippen LogP contribution in [0.2, 0.25) is 0 Å². The van der Waals surface area contributed by atoms with E-state index in [9.17, 15) is 4.79 Å². The topological polar surface area (TPSA) is 58.6 Å². The highest BCUT2D eigenvalue weighted by atomic mass is 16.5. The lowest BCUT2D eigenvalue weighted by molar-refractivity contribution is -0.116. The zero-order valence-corrected chi connectivity index (χ0v) is 10.7. The lowest BCUT2D eigenvalue weighted by Crippen LogP contribution is -2.24. The molecular weight excluding hydrogens is 230 g/mol. The third-order valence-electron chi connectivity index (χ3n) is 2.38. The molecule has 0 bridgehead atoms. The minimum Gasteiger partial charge on any atom is -0.497 e. The van der Waals surface area contributed by atoms with E-state index >= 15 is 0 Å². The minimum atomic E-state index is -0.396. The lowest BCUT2D eigenvalue weighted by Gasteiger charge is -2.04. The molecule has 0 aliphatic rings. The van der Waals surface area contributed by atoms with Crippen LogP contribution in [-0.4, -0.2) is 30.8 Å². The van der Waals surface area contributed by atoms with Gasteiger partial charge in [0.1, 0.15) is 5.75 Å². The quantitative estimate of drug-likeness (QED) is 0.753. The average Bonchev–Trinajstić information content (AvgIpc) is 2.36. The maximum atomic E-state index is 11.4. The largest absolute Gasteiger partial charge is 0.497 e. The van der Waals surface area contributed by atoms with Crippen molar-refractivity contribution in [1.29, 1.82) is 0 Å². The monoisotopic (exact) mass is 249 g/mol. The zero-order valence-electron chi connectivity index (χ0n) is 10.7. The summed E-state index contributed by atoms with van der Waals surface area (Å²) in [5.41, 5.74) is 0.903. The van der Waals surface area contributed by atoms with Gasteiger partial charge in [0, 0.05) is 12.6 Å². The maximum absolute atomic E-state index is 11.4. The molecule has 1 unspecified atom stereocenters. The van der Waals surface area contributed by atoms with E-state index in [1.54, 1.807) is 20.1 Å². The smallest absolute Gasteiger partial charge is 0.244 e. The molecule has 2 N–H and O–H groups in total. The summed E-state index contributed by atoms with van der Waals surface area (Å²) in [6.45, 7) is 2.16. The molecule has 1 aromatic carbocycles. The van der Waals surface area contributed by atoms with Gasteiger partial charge in [-0.2, -0.15) is 0 Å². The van der Waals surface area contributed by atoms with Crippen LogP contribution in [0.3, 0.4) is 0 Å². The fraction of sp³-hybridized carbons (Fsp3) is 0.357. The van der Waals surface area contributed by atoms with Crippen LogP contribution in [-0.2, 0) is 4.79 Å². The van der Waals surface area contributed by atoms with Crippen molar-refractivity contribution in [3.05, 3.63) is 35.9 Å². The van der Waals surface area contributed by atoms with Gasteiger partial charge in [-0.1, -0.05) is 12.1 Å². The Hall–Kier alpha value is -1.81. The standard InChI is InChI=1S/C14H19NO3/c1-11(16)8-9-15-14(17)7-6-12-4-3-5-13(10-12)18-2/h3-7,10-11,16H,8-9H2,1-2H3,(H,15,17). The van der Waals surface area contributed by atoms with Gasteiger partial charge >= 0.3 is 0 Å². The molecule has 1 aromatic rings. The number of carbonyl (C=O) groups is 1. The van der Waals surface area contributed by atoms with E-state index < -0.39 is 6.10 Å². The van der Waals surface area contributed by atoms with Gasteiger partial charge < -0.3 is 15.2 Å². The third kappa shape index (κ3) is 5.50. The Morgan fingerprint density at radius 1 is 1.56 bits per heavy atom. The van der Waals surface area contributed by atoms with Crippen molar-refractivity contribution < 1.29 is 14.6 Å². The number of nitrogens with one attached hydrogen (secondary N) is 1. The number of hydrogen-bond acceptors (Lipinski definition) is 3. The van der Waals surface area contributed by atoms with Crippen molar-refractivity contribution in [3.8, 4) is 5.75 Å². The van der Waals surface area contributed by atoms with Crippen molar-refractivity contribution in [2.75, 3.05) is 13.7 Å². The number of methoxy groups -OCH3 is 1. The number of ether oxygens (including phenoxy) is 1. The van der Waals surface area contributed by atoms with Gasteiger partial charge in [0.2, 0.25) is 5.91 Å². The van der Waals surface area contributed by atoms with Crippen LogP contribution in [0.25, 0.3) is 6.08 Å². The van der Waals surface area contributed by atoms with Gasteiger partial charge in [-0.25, -0.2) is 0 Å². The Morgan fingerprint density at radius 3 is 3.00 bits per heavy atom. The predicted molar refractivity (Wildman–Crippen MR) is 71.3 cm³/mol. The van der Waals surface area contributed by atoms with E-state index in [2.05, 4.69) is 5.32 Å². The molecule has 98 valence electrons. The Bertz CT molecular complexity index is 413. The summed E-state index contributed by atoms with van der Waals surface area (Å²) >= 11 is 0. The normalized spacial score (nSPS) is 12.4. The van der Waals surface area contributed by atoms with Crippen molar-refractivity contribution in [1.82, 2.24) is 5.32 Å². The fourth-order valence-electron chi connectivity index (χ4n) is 1.38. The second kappa shape index (κ2) is 7.50. The molecule has 0 saturated heterocycles. The third-order valence-corrected chi connectivity index (χ3v) is 2.38. The van der Waals surface area contributed by atoms with Crippen LogP contribution >= 0.6 is 0 Å². The first-order valence-corrected chi connectivity index (χ1v) is 5.90. The van der Waals surface area contributed by atoms with Crippen LogP contribution < -0.4 is 10.1 Å². The first-order valence-electron chi connectivity index (χ1n) is 5.90. The SMILES string of the molecule is COc1cccc(C=CC(=O)NCCC(C)O)c1. The summed E-state index contributed by atoms with van der Waals surface area (Å²) in [7, 11) is 1.60. The Labute approximate surface area is 107 Å². The van der Waals surface area contributed by atoms with Crippen LogP contribution in [0.15, 0.2) is 30.3 Å². The molecule has 1 rings (SSSR count). The van der Waals surface area contributed by atoms with Crippen LogP contribution in [0.5, 0.6) is 5.75 Å². The molecule has 0 spiro atoms. The first kappa shape index (κ1) is 14.3. The van der Waals surface area contributed by atoms with E-state index in [4.69, 9.17) is 9.84 Å². The maximum Gasteiger partial charge on any atom is 0.244 e. The molecule has 1 atom stereocenters. The van der Waals surface area contributed by atoms with E-state index in [-0.39, 0.29) is 5.91 Å². The first-order chi connectivity index (χ1) is 8.61. The second-order valence-electron chi connectivity index (χ2n) is 4.04. The Morgan fingerprint density at radius 2 is 2.33 bits per heavy atom. The van der Waals surface area contributed by atoms with Crippen molar-refractivity contribution in [2.45, 2.75) is 19.4 Å². The molecule has 0 aliphatic heterocycles. The molecule has 18 heavy (non-hydrogen) atoms. The van der Waals surface area contributed by atoms with Gasteiger partial charge in [0.15, 0.2) is 0 Å². The van der Waals surface area contributed by atoms with Crippen LogP contribution in [0.4, 0.5) is 0 Å². The summed E-state index contributed by atoms with van der Waals surface area (Å²) in [5.74, 6) is 0.588. The summed E-state index contributed by atoms with van der Waals surface area (Å²) in [4.78, 5) is 11.4. The van der Waals surface area contributed by atoms with Crippen molar-refractivity contribution in [2.24, 2.45) is 0 Å². The van der Waals surface area contributed by atoms with Gasteiger partial charge in [-0.15, -0.1) is 0 Å². The lowest BCUT2D eigenvalue weighted by atomic mass is 10.2. The molecular formula is C14H19NO3. The summed E-state index contributed by atoms with van der Waals surface area (Å²) in [6, 6.07) is 7.45. The predicted octanol–water partition coefficient (Wildman–Crippen LogP) is 1.60. The highest BCUT2D eigenvalue weighted by Crippen LogP contribution is 2.13. The molecule has 0 heterocycles. The van der Waals surface area contributed by atoms with Gasteiger partial charge in [-0.05, 0) is 37.1 Å².